The van der Waals surface area contributed by atoms with E-state index in [1.165, 1.54) is 0 Å². The molecule has 0 bridgehead atoms. The van der Waals surface area contributed by atoms with Gasteiger partial charge in [0.15, 0.2) is 0 Å². The fourth-order valence-electron chi connectivity index (χ4n) is 1.33. The number of aromatic nitrogens is 3. The number of aliphatic hydroxyl groups excluding tert-OH is 1. The summed E-state index contributed by atoms with van der Waals surface area (Å²) in [4.78, 5) is 0. The molecule has 0 aromatic carbocycles. The highest BCUT2D eigenvalue weighted by Gasteiger charge is 2.11. The molecule has 0 saturated heterocycles. The van der Waals surface area contributed by atoms with Crippen LogP contribution in [0.5, 0.6) is 0 Å². The standard InChI is InChI=1S/C9H18N4O3S/c1-2-13-8-10-12-9(13)7-11-17(15,16)6-4-3-5-14/h8,11,14H,2-7H2,1H3. The summed E-state index contributed by atoms with van der Waals surface area (Å²) >= 11 is 0. The van der Waals surface area contributed by atoms with Crippen molar-refractivity contribution in [3.63, 3.8) is 0 Å². The van der Waals surface area contributed by atoms with Gasteiger partial charge in [0.1, 0.15) is 12.2 Å². The number of aryl methyl sites for hydroxylation is 1. The number of hydrogen-bond donors (Lipinski definition) is 2. The van der Waals surface area contributed by atoms with Gasteiger partial charge in [0.05, 0.1) is 12.3 Å². The van der Waals surface area contributed by atoms with Crippen LogP contribution in [0.1, 0.15) is 25.6 Å². The summed E-state index contributed by atoms with van der Waals surface area (Å²) in [6.07, 6.45) is 2.51. The van der Waals surface area contributed by atoms with E-state index in [2.05, 4.69) is 14.9 Å². The summed E-state index contributed by atoms with van der Waals surface area (Å²) in [6.45, 7) is 2.80. The number of sulfonamides is 1. The number of nitrogens with zero attached hydrogens (tertiary/aromatic N) is 3. The molecule has 17 heavy (non-hydrogen) atoms. The van der Waals surface area contributed by atoms with Crippen molar-refractivity contribution < 1.29 is 13.5 Å². The highest BCUT2D eigenvalue weighted by atomic mass is 32.2. The van der Waals surface area contributed by atoms with Crippen LogP contribution in [0.2, 0.25) is 0 Å². The highest BCUT2D eigenvalue weighted by Crippen LogP contribution is 1.98. The Hall–Kier alpha value is -0.990. The summed E-state index contributed by atoms with van der Waals surface area (Å²) < 4.78 is 27.3. The molecule has 0 spiro atoms. The normalized spacial score (nSPS) is 11.9. The second-order valence-corrected chi connectivity index (χ2v) is 5.53. The lowest BCUT2D eigenvalue weighted by Crippen LogP contribution is -2.27. The third-order valence-electron chi connectivity index (χ3n) is 2.31. The maximum atomic E-state index is 11.6. The van der Waals surface area contributed by atoms with E-state index in [0.717, 1.165) is 0 Å². The first-order chi connectivity index (χ1) is 8.09. The smallest absolute Gasteiger partial charge is 0.212 e. The predicted octanol–water partition coefficient (Wildman–Crippen LogP) is -0.510. The molecule has 0 amide bonds. The molecular weight excluding hydrogens is 244 g/mol. The van der Waals surface area contributed by atoms with Crippen LogP contribution in [0, 0.1) is 0 Å². The van der Waals surface area contributed by atoms with Gasteiger partial charge in [-0.25, -0.2) is 13.1 Å². The van der Waals surface area contributed by atoms with Crippen molar-refractivity contribution >= 4 is 10.0 Å². The average Bonchev–Trinajstić information content (AvgIpc) is 2.74. The minimum Gasteiger partial charge on any atom is -0.396 e. The topological polar surface area (TPSA) is 97.1 Å². The molecule has 1 aromatic heterocycles. The zero-order valence-electron chi connectivity index (χ0n) is 9.83. The maximum absolute atomic E-state index is 11.6. The Balaban J connectivity index is 2.44. The lowest BCUT2D eigenvalue weighted by molar-refractivity contribution is 0.287. The molecule has 1 rings (SSSR count). The van der Waals surface area contributed by atoms with Gasteiger partial charge < -0.3 is 9.67 Å². The van der Waals surface area contributed by atoms with Crippen molar-refractivity contribution in [3.8, 4) is 0 Å². The SMILES string of the molecule is CCn1cnnc1CNS(=O)(=O)CCCCO. The zero-order chi connectivity index (χ0) is 12.7. The summed E-state index contributed by atoms with van der Waals surface area (Å²) in [7, 11) is -3.30. The Kier molecular flexibility index (Phi) is 5.52. The lowest BCUT2D eigenvalue weighted by Gasteiger charge is -2.06. The number of unbranched alkanes of at least 4 members (excludes halogenated alkanes) is 1. The van der Waals surface area contributed by atoms with Gasteiger partial charge in [-0.2, -0.15) is 0 Å². The van der Waals surface area contributed by atoms with Crippen LogP contribution in [0.15, 0.2) is 6.33 Å². The van der Waals surface area contributed by atoms with E-state index in [1.807, 2.05) is 6.92 Å². The monoisotopic (exact) mass is 262 g/mol. The van der Waals surface area contributed by atoms with Crippen molar-refractivity contribution in [1.29, 1.82) is 0 Å². The van der Waals surface area contributed by atoms with E-state index in [0.29, 0.717) is 25.2 Å². The Morgan fingerprint density at radius 1 is 1.47 bits per heavy atom. The summed E-state index contributed by atoms with van der Waals surface area (Å²) in [5.74, 6) is 0.617. The van der Waals surface area contributed by atoms with E-state index in [-0.39, 0.29) is 18.9 Å². The van der Waals surface area contributed by atoms with Crippen LogP contribution in [0.3, 0.4) is 0 Å². The second kappa shape index (κ2) is 6.67. The van der Waals surface area contributed by atoms with E-state index >= 15 is 0 Å². The van der Waals surface area contributed by atoms with Gasteiger partial charge in [-0.15, -0.1) is 10.2 Å². The third-order valence-corrected chi connectivity index (χ3v) is 3.72. The van der Waals surface area contributed by atoms with Crippen molar-refractivity contribution in [1.82, 2.24) is 19.5 Å². The molecule has 0 aliphatic carbocycles. The zero-order valence-corrected chi connectivity index (χ0v) is 10.7. The summed E-state index contributed by atoms with van der Waals surface area (Å²) in [6, 6.07) is 0. The maximum Gasteiger partial charge on any atom is 0.212 e. The van der Waals surface area contributed by atoms with Crippen LogP contribution < -0.4 is 4.72 Å². The third kappa shape index (κ3) is 4.80. The Morgan fingerprint density at radius 3 is 2.88 bits per heavy atom. The van der Waals surface area contributed by atoms with Gasteiger partial charge in [-0.05, 0) is 19.8 Å². The molecule has 0 aliphatic rings. The van der Waals surface area contributed by atoms with Crippen molar-refractivity contribution in [2.75, 3.05) is 12.4 Å². The average molecular weight is 262 g/mol. The Morgan fingerprint density at radius 2 is 2.24 bits per heavy atom. The second-order valence-electron chi connectivity index (χ2n) is 3.60. The minimum atomic E-state index is -3.30. The number of rotatable bonds is 8. The van der Waals surface area contributed by atoms with Gasteiger partial charge >= 0.3 is 0 Å². The molecule has 7 nitrogen and oxygen atoms in total. The fourth-order valence-corrected chi connectivity index (χ4v) is 2.41. The molecule has 98 valence electrons. The fraction of sp³-hybridized carbons (Fsp3) is 0.778. The highest BCUT2D eigenvalue weighted by molar-refractivity contribution is 7.89. The number of hydrogen-bond acceptors (Lipinski definition) is 5. The van der Waals surface area contributed by atoms with Crippen LogP contribution >= 0.6 is 0 Å². The van der Waals surface area contributed by atoms with E-state index in [9.17, 15) is 8.42 Å². The first kappa shape index (κ1) is 14.1. The van der Waals surface area contributed by atoms with E-state index in [1.54, 1.807) is 10.9 Å². The van der Waals surface area contributed by atoms with Gasteiger partial charge in [-0.3, -0.25) is 0 Å². The van der Waals surface area contributed by atoms with Crippen LogP contribution in [-0.4, -0.2) is 40.6 Å². The summed E-state index contributed by atoms with van der Waals surface area (Å²) in [5, 5.41) is 16.1. The van der Waals surface area contributed by atoms with Crippen LogP contribution in [-0.2, 0) is 23.1 Å². The lowest BCUT2D eigenvalue weighted by atomic mass is 10.4. The van der Waals surface area contributed by atoms with Crippen molar-refractivity contribution in [3.05, 3.63) is 12.2 Å². The molecule has 0 fully saturated rings. The number of aliphatic hydroxyl groups is 1. The van der Waals surface area contributed by atoms with E-state index in [4.69, 9.17) is 5.11 Å². The van der Waals surface area contributed by atoms with Crippen LogP contribution in [0.4, 0.5) is 0 Å². The van der Waals surface area contributed by atoms with Crippen molar-refractivity contribution in [2.45, 2.75) is 32.9 Å². The Bertz CT molecular complexity index is 429. The molecular formula is C9H18N4O3S. The van der Waals surface area contributed by atoms with E-state index < -0.39 is 10.0 Å². The minimum absolute atomic E-state index is 0.0136. The molecule has 1 heterocycles. The molecule has 0 unspecified atom stereocenters. The molecule has 0 aliphatic heterocycles. The number of nitrogens with one attached hydrogen (secondary N) is 1. The Labute approximate surface area is 101 Å². The van der Waals surface area contributed by atoms with Gasteiger partial charge in [0, 0.05) is 13.2 Å². The largest absolute Gasteiger partial charge is 0.396 e. The van der Waals surface area contributed by atoms with Crippen molar-refractivity contribution in [2.24, 2.45) is 0 Å². The molecule has 0 atom stereocenters. The van der Waals surface area contributed by atoms with Gasteiger partial charge in [0.25, 0.3) is 0 Å². The van der Waals surface area contributed by atoms with Gasteiger partial charge in [0.2, 0.25) is 10.0 Å². The molecule has 8 heteroatoms. The summed E-state index contributed by atoms with van der Waals surface area (Å²) in [5.41, 5.74) is 0. The quantitative estimate of drug-likeness (QED) is 0.615. The molecule has 2 N–H and O–H groups in total. The van der Waals surface area contributed by atoms with Gasteiger partial charge in [-0.1, -0.05) is 0 Å². The molecule has 0 radical (unpaired) electrons. The first-order valence-corrected chi connectivity index (χ1v) is 7.19. The molecule has 0 saturated carbocycles. The predicted molar refractivity (Wildman–Crippen MR) is 62.6 cm³/mol. The first-order valence-electron chi connectivity index (χ1n) is 5.54. The molecule has 1 aromatic rings. The van der Waals surface area contributed by atoms with Crippen LogP contribution in [0.25, 0.3) is 0 Å².